The van der Waals surface area contributed by atoms with E-state index in [-0.39, 0.29) is 23.4 Å². The van der Waals surface area contributed by atoms with Crippen molar-refractivity contribution in [2.24, 2.45) is 4.99 Å². The molecule has 0 spiro atoms. The van der Waals surface area contributed by atoms with Crippen LogP contribution >= 0.6 is 11.6 Å². The van der Waals surface area contributed by atoms with Gasteiger partial charge in [-0.25, -0.2) is 9.98 Å². The van der Waals surface area contributed by atoms with Crippen LogP contribution in [0.3, 0.4) is 0 Å². The number of unbranched alkanes of at least 4 members (excludes halogenated alkanes) is 2. The molecule has 42 heavy (non-hydrogen) atoms. The van der Waals surface area contributed by atoms with Crippen LogP contribution in [0.2, 0.25) is 5.02 Å². The van der Waals surface area contributed by atoms with Crippen molar-refractivity contribution >= 4 is 40.7 Å². The van der Waals surface area contributed by atoms with Crippen LogP contribution in [0.5, 0.6) is 17.2 Å². The largest absolute Gasteiger partial charge is 0.493 e. The highest BCUT2D eigenvalue weighted by Crippen LogP contribution is 2.39. The van der Waals surface area contributed by atoms with E-state index in [1.165, 1.54) is 0 Å². The summed E-state index contributed by atoms with van der Waals surface area (Å²) in [4.78, 5) is 31.3. The van der Waals surface area contributed by atoms with E-state index in [1.54, 1.807) is 44.6 Å². The number of fused-ring (bicyclic) bond motifs is 1. The van der Waals surface area contributed by atoms with Gasteiger partial charge in [-0.3, -0.25) is 14.6 Å². The maximum absolute atomic E-state index is 13.7. The molecular weight excluding hydrogens is 556 g/mol. The molecule has 2 N–H and O–H groups in total. The van der Waals surface area contributed by atoms with E-state index in [9.17, 15) is 4.79 Å². The molecule has 0 aliphatic carbocycles. The van der Waals surface area contributed by atoms with Crippen molar-refractivity contribution in [1.29, 1.82) is 0 Å². The average molecular weight is 595 g/mol. The van der Waals surface area contributed by atoms with Crippen molar-refractivity contribution < 1.29 is 19.0 Å². The van der Waals surface area contributed by atoms with Gasteiger partial charge in [0.2, 0.25) is 5.75 Å². The number of benzene rings is 2. The second-order valence-corrected chi connectivity index (χ2v) is 10.5. The lowest BCUT2D eigenvalue weighted by molar-refractivity contribution is -0.112. The molecule has 2 heterocycles. The highest BCUT2D eigenvalue weighted by atomic mass is 35.5. The Bertz CT molecular complexity index is 1410. The quantitative estimate of drug-likeness (QED) is 0.254. The first-order valence-electron chi connectivity index (χ1n) is 14.2. The van der Waals surface area contributed by atoms with Gasteiger partial charge < -0.3 is 19.9 Å². The van der Waals surface area contributed by atoms with Crippen molar-refractivity contribution in [1.82, 2.24) is 14.9 Å². The molecule has 224 valence electrons. The Kier molecular flexibility index (Phi) is 10.6. The van der Waals surface area contributed by atoms with E-state index in [1.807, 2.05) is 18.2 Å². The molecule has 0 saturated carbocycles. The zero-order valence-corrected chi connectivity index (χ0v) is 25.7. The molecule has 11 heteroatoms. The van der Waals surface area contributed by atoms with Gasteiger partial charge in [0.1, 0.15) is 11.5 Å². The number of rotatable bonds is 14. The van der Waals surface area contributed by atoms with Gasteiger partial charge in [-0.15, -0.1) is 0 Å². The van der Waals surface area contributed by atoms with Gasteiger partial charge in [0.05, 0.1) is 33.7 Å². The predicted octanol–water partition coefficient (Wildman–Crippen LogP) is 5.66. The van der Waals surface area contributed by atoms with Crippen LogP contribution in [0.25, 0.3) is 0 Å². The summed E-state index contributed by atoms with van der Waals surface area (Å²) in [7, 11) is 4.69. The molecule has 2 aromatic carbocycles. The molecule has 1 aromatic heterocycles. The van der Waals surface area contributed by atoms with E-state index in [0.29, 0.717) is 46.5 Å². The Balaban J connectivity index is 1.62. The van der Waals surface area contributed by atoms with Crippen LogP contribution in [0, 0.1) is 0 Å². The molecule has 10 nitrogen and oxygen atoms in total. The number of hydrogen-bond acceptors (Lipinski definition) is 9. The highest BCUT2D eigenvalue weighted by molar-refractivity contribution is 6.55. The molecule has 1 aliphatic heterocycles. The predicted molar refractivity (Wildman–Crippen MR) is 167 cm³/mol. The first kappa shape index (κ1) is 31.1. The minimum absolute atomic E-state index is 0.103. The fourth-order valence-electron chi connectivity index (χ4n) is 4.91. The van der Waals surface area contributed by atoms with Crippen LogP contribution in [0.1, 0.15) is 56.2 Å². The summed E-state index contributed by atoms with van der Waals surface area (Å²) in [6.45, 7) is 6.65. The Morgan fingerprint density at radius 2 is 1.67 bits per heavy atom. The fourth-order valence-corrected chi connectivity index (χ4v) is 5.08. The van der Waals surface area contributed by atoms with E-state index in [2.05, 4.69) is 33.7 Å². The maximum atomic E-state index is 13.7. The van der Waals surface area contributed by atoms with Gasteiger partial charge in [-0.2, -0.15) is 4.98 Å². The van der Waals surface area contributed by atoms with Crippen molar-refractivity contribution in [3.05, 3.63) is 58.2 Å². The molecular formula is C31H39ClN6O4. The lowest BCUT2D eigenvalue weighted by Crippen LogP contribution is -2.42. The minimum atomic E-state index is -0.214. The normalized spacial score (nSPS) is 13.6. The number of amides is 1. The van der Waals surface area contributed by atoms with E-state index < -0.39 is 0 Å². The number of aliphatic imine (C=N–C) groups is 1. The maximum Gasteiger partial charge on any atom is 0.278 e. The zero-order chi connectivity index (χ0) is 30.2. The fraction of sp³-hybridized carbons (Fsp3) is 0.419. The molecule has 0 unspecified atom stereocenters. The lowest BCUT2D eigenvalue weighted by Gasteiger charge is -2.28. The molecule has 0 radical (unpaired) electrons. The molecule has 0 saturated heterocycles. The van der Waals surface area contributed by atoms with Crippen molar-refractivity contribution in [3.8, 4) is 17.2 Å². The van der Waals surface area contributed by atoms with E-state index in [0.717, 1.165) is 50.0 Å². The van der Waals surface area contributed by atoms with Gasteiger partial charge in [0.15, 0.2) is 11.5 Å². The van der Waals surface area contributed by atoms with Crippen LogP contribution in [0.4, 0.5) is 17.5 Å². The summed E-state index contributed by atoms with van der Waals surface area (Å²) in [6, 6.07) is 9.12. The molecule has 3 aromatic rings. The van der Waals surface area contributed by atoms with Gasteiger partial charge in [-0.1, -0.05) is 38.3 Å². The Hall–Kier alpha value is -3.89. The third kappa shape index (κ3) is 6.94. The molecule has 4 rings (SSSR count). The van der Waals surface area contributed by atoms with Crippen LogP contribution in [-0.4, -0.2) is 67.6 Å². The Labute approximate surface area is 252 Å². The monoisotopic (exact) mass is 594 g/mol. The number of carbonyl (C=O) groups excluding carboxylic acids is 1. The third-order valence-corrected chi connectivity index (χ3v) is 7.40. The summed E-state index contributed by atoms with van der Waals surface area (Å²) < 4.78 is 16.3. The molecule has 0 bridgehead atoms. The number of nitrogens with two attached hydrogens (primary N) is 1. The summed E-state index contributed by atoms with van der Waals surface area (Å²) in [5.41, 5.74) is 9.59. The number of carbonyl (C=O) groups is 1. The first-order chi connectivity index (χ1) is 20.3. The van der Waals surface area contributed by atoms with E-state index >= 15 is 0 Å². The Morgan fingerprint density at radius 3 is 2.24 bits per heavy atom. The van der Waals surface area contributed by atoms with Gasteiger partial charge in [0, 0.05) is 28.8 Å². The van der Waals surface area contributed by atoms with Crippen LogP contribution in [0.15, 0.2) is 41.5 Å². The molecule has 0 atom stereocenters. The van der Waals surface area contributed by atoms with Gasteiger partial charge in [0.25, 0.3) is 11.9 Å². The standard InChI is InChI=1S/C31H39ClN6O4/c1-6-8-12-37(13-9-7-2)19-38-24-11-10-22(32)17-23(24)27(30(38)39)35-31-34-18-21(29(33)36-31)14-20-15-25(40-3)28(42-5)26(16-20)41-4/h10-11,15-18H,6-9,12-14,19H2,1-5H3,(H2,33,34,36)/b35-27-. The summed E-state index contributed by atoms with van der Waals surface area (Å²) >= 11 is 6.34. The van der Waals surface area contributed by atoms with Gasteiger partial charge >= 0.3 is 0 Å². The smallest absolute Gasteiger partial charge is 0.278 e. The SMILES string of the molecule is CCCCN(CCCC)CN1C(=O)/C(=N\c2ncc(Cc3cc(OC)c(OC)c(OC)c3)c(N)n2)c2cc(Cl)ccc21. The van der Waals surface area contributed by atoms with Crippen LogP contribution < -0.4 is 24.8 Å². The summed E-state index contributed by atoms with van der Waals surface area (Å²) in [5, 5.41) is 0.519. The van der Waals surface area contributed by atoms with Crippen molar-refractivity contribution in [2.45, 2.75) is 46.0 Å². The number of anilines is 2. The summed E-state index contributed by atoms with van der Waals surface area (Å²) in [6.07, 6.45) is 6.35. The third-order valence-electron chi connectivity index (χ3n) is 7.17. The highest BCUT2D eigenvalue weighted by Gasteiger charge is 2.35. The lowest BCUT2D eigenvalue weighted by atomic mass is 10.1. The van der Waals surface area contributed by atoms with Gasteiger partial charge in [-0.05, 0) is 61.8 Å². The first-order valence-corrected chi connectivity index (χ1v) is 14.5. The number of nitrogens with zero attached hydrogens (tertiary/aromatic N) is 5. The number of ether oxygens (including phenoxy) is 3. The van der Waals surface area contributed by atoms with Crippen LogP contribution in [-0.2, 0) is 11.2 Å². The molecule has 0 fully saturated rings. The second kappa shape index (κ2) is 14.3. The number of hydrogen-bond donors (Lipinski definition) is 1. The minimum Gasteiger partial charge on any atom is -0.493 e. The number of nitrogen functional groups attached to an aromatic ring is 1. The van der Waals surface area contributed by atoms with Crippen molar-refractivity contribution in [2.75, 3.05) is 51.7 Å². The number of aromatic nitrogens is 2. The number of halogens is 1. The summed E-state index contributed by atoms with van der Waals surface area (Å²) in [5.74, 6) is 1.74. The van der Waals surface area contributed by atoms with E-state index in [4.69, 9.17) is 31.5 Å². The average Bonchev–Trinajstić information content (AvgIpc) is 3.24. The number of methoxy groups -OCH3 is 3. The topological polar surface area (TPSA) is 115 Å². The zero-order valence-electron chi connectivity index (χ0n) is 24.9. The van der Waals surface area contributed by atoms with Crippen molar-refractivity contribution in [3.63, 3.8) is 0 Å². The Morgan fingerprint density at radius 1 is 1.00 bits per heavy atom. The molecule has 1 amide bonds. The second-order valence-electron chi connectivity index (χ2n) is 10.1. The molecule has 1 aliphatic rings.